The maximum Gasteiger partial charge on any atom is 0.329 e. The van der Waals surface area contributed by atoms with Crippen molar-refractivity contribution in [3.05, 3.63) is 69.8 Å². The molecule has 3 fully saturated rings. The molecule has 0 spiro atoms. The topological polar surface area (TPSA) is 157 Å². The molecule has 3 amide bonds. The summed E-state index contributed by atoms with van der Waals surface area (Å²) in [6.45, 7) is 2.55. The van der Waals surface area contributed by atoms with E-state index in [9.17, 15) is 28.0 Å². The molecule has 3 aliphatic rings. The van der Waals surface area contributed by atoms with E-state index in [2.05, 4.69) is 42.7 Å². The van der Waals surface area contributed by atoms with Crippen molar-refractivity contribution in [3.8, 4) is 0 Å². The number of para-hydroxylation sites is 1. The number of alkyl halides is 2. The number of imide groups is 1. The van der Waals surface area contributed by atoms with Gasteiger partial charge < -0.3 is 15.1 Å². The Balaban J connectivity index is 0.869. The monoisotopic (exact) mass is 777 g/mol. The van der Waals surface area contributed by atoms with Gasteiger partial charge in [-0.15, -0.1) is 0 Å². The Labute approximate surface area is 319 Å². The molecule has 2 saturated heterocycles. The third kappa shape index (κ3) is 6.99. The van der Waals surface area contributed by atoms with E-state index in [0.717, 1.165) is 69.4 Å². The van der Waals surface area contributed by atoms with Gasteiger partial charge in [0, 0.05) is 51.5 Å². The Bertz CT molecular complexity index is 2340. The molecule has 0 radical (unpaired) electrons. The number of aryl methyl sites for hydroxylation is 1. The van der Waals surface area contributed by atoms with E-state index < -0.39 is 30.0 Å². The van der Waals surface area contributed by atoms with Crippen LogP contribution in [0.4, 0.5) is 20.2 Å². The lowest BCUT2D eigenvalue weighted by molar-refractivity contribution is -0.135. The molecule has 1 unspecified atom stereocenters. The molecule has 8 rings (SSSR count). The second-order valence-corrected chi connectivity index (χ2v) is 15.3. The molecule has 1 atom stereocenters. The molecular formula is C37H42ClF2N11O4. The van der Waals surface area contributed by atoms with Gasteiger partial charge in [0.1, 0.15) is 16.8 Å². The number of aromatic nitrogens is 7. The average Bonchev–Trinajstić information content (AvgIpc) is 3.86. The van der Waals surface area contributed by atoms with Crippen LogP contribution in [-0.4, -0.2) is 88.9 Å². The standard InChI is InChI=1S/C37H42ClF2N11O4/c1-46(22-12-15-48(16-13-22)26-4-3-5-27-32(26)47(2)37(55)51(27)28-10-11-30(52)44-36(28)54)19-21-6-8-23(9-7-21)50-20-25(31(45-50)33(39)40)42-35(53)24-18-41-49-17-14-29(38)43-34(24)49/h3-5,14,17-18,20-23,28,33H,6-13,15-16,19H2,1-2H3,(H,42,53)(H,44,52,54)/t21-,23-,28?. The van der Waals surface area contributed by atoms with Crippen LogP contribution < -0.4 is 21.2 Å². The number of hydrogen-bond donors (Lipinski definition) is 2. The Hall–Kier alpha value is -5.16. The summed E-state index contributed by atoms with van der Waals surface area (Å²) < 4.78 is 34.3. The third-order valence-electron chi connectivity index (χ3n) is 11.6. The van der Waals surface area contributed by atoms with Crippen molar-refractivity contribution in [1.82, 2.24) is 43.7 Å². The smallest absolute Gasteiger partial charge is 0.329 e. The van der Waals surface area contributed by atoms with Crippen molar-refractivity contribution in [2.45, 2.75) is 75.9 Å². The van der Waals surface area contributed by atoms with Gasteiger partial charge in [0.15, 0.2) is 11.3 Å². The van der Waals surface area contributed by atoms with E-state index in [1.54, 1.807) is 22.5 Å². The van der Waals surface area contributed by atoms with E-state index in [1.807, 2.05) is 18.2 Å². The highest BCUT2D eigenvalue weighted by molar-refractivity contribution is 6.29. The number of benzene rings is 1. The van der Waals surface area contributed by atoms with Crippen LogP contribution in [0.2, 0.25) is 5.15 Å². The highest BCUT2D eigenvalue weighted by atomic mass is 35.5. The second kappa shape index (κ2) is 14.8. The van der Waals surface area contributed by atoms with Crippen molar-refractivity contribution < 1.29 is 23.2 Å². The lowest BCUT2D eigenvalue weighted by atomic mass is 9.85. The third-order valence-corrected chi connectivity index (χ3v) is 11.8. The minimum absolute atomic E-state index is 0.0417. The molecule has 6 heterocycles. The van der Waals surface area contributed by atoms with Crippen LogP contribution in [0, 0.1) is 5.92 Å². The number of carbonyl (C=O) groups is 3. The summed E-state index contributed by atoms with van der Waals surface area (Å²) in [5.74, 6) is -0.944. The normalized spacial score (nSPS) is 21.3. The molecule has 290 valence electrons. The number of anilines is 2. The molecular weight excluding hydrogens is 736 g/mol. The van der Waals surface area contributed by atoms with Gasteiger partial charge in [0.25, 0.3) is 12.3 Å². The molecule has 15 nitrogen and oxygen atoms in total. The summed E-state index contributed by atoms with van der Waals surface area (Å²) in [4.78, 5) is 59.9. The van der Waals surface area contributed by atoms with Gasteiger partial charge in [-0.1, -0.05) is 17.7 Å². The first-order valence-electron chi connectivity index (χ1n) is 18.6. The number of nitrogens with one attached hydrogen (secondary N) is 2. The zero-order valence-corrected chi connectivity index (χ0v) is 31.3. The molecule has 55 heavy (non-hydrogen) atoms. The summed E-state index contributed by atoms with van der Waals surface area (Å²) >= 11 is 6.00. The van der Waals surface area contributed by atoms with E-state index in [-0.39, 0.29) is 52.5 Å². The number of rotatable bonds is 9. The first kappa shape index (κ1) is 36.8. The van der Waals surface area contributed by atoms with Crippen LogP contribution in [0.1, 0.15) is 85.9 Å². The first-order chi connectivity index (χ1) is 26.5. The van der Waals surface area contributed by atoms with Crippen LogP contribution in [0.15, 0.2) is 47.7 Å². The number of imidazole rings is 1. The summed E-state index contributed by atoms with van der Waals surface area (Å²) in [5.41, 5.74) is 1.95. The minimum Gasteiger partial charge on any atom is -0.370 e. The Kier molecular flexibility index (Phi) is 9.92. The zero-order valence-electron chi connectivity index (χ0n) is 30.5. The average molecular weight is 778 g/mol. The van der Waals surface area contributed by atoms with E-state index in [4.69, 9.17) is 11.6 Å². The van der Waals surface area contributed by atoms with Gasteiger partial charge in [-0.25, -0.2) is 23.1 Å². The molecule has 18 heteroatoms. The molecule has 1 aromatic carbocycles. The molecule has 1 aliphatic carbocycles. The van der Waals surface area contributed by atoms with Crippen molar-refractivity contribution in [2.75, 3.05) is 36.9 Å². The zero-order chi connectivity index (χ0) is 38.5. The molecule has 0 bridgehead atoms. The van der Waals surface area contributed by atoms with Crippen LogP contribution in [0.25, 0.3) is 16.7 Å². The van der Waals surface area contributed by atoms with Gasteiger partial charge in [0.2, 0.25) is 11.8 Å². The van der Waals surface area contributed by atoms with Gasteiger partial charge >= 0.3 is 5.69 Å². The number of fused-ring (bicyclic) bond motifs is 2. The fourth-order valence-corrected chi connectivity index (χ4v) is 8.78. The maximum absolute atomic E-state index is 14.1. The Morgan fingerprint density at radius 2 is 1.84 bits per heavy atom. The van der Waals surface area contributed by atoms with Gasteiger partial charge in [0.05, 0.1) is 34.6 Å². The van der Waals surface area contributed by atoms with Gasteiger partial charge in [-0.05, 0) is 76.1 Å². The second-order valence-electron chi connectivity index (χ2n) is 14.9. The predicted octanol–water partition coefficient (Wildman–Crippen LogP) is 4.73. The fraction of sp³-hybridized carbons (Fsp3) is 0.486. The Morgan fingerprint density at radius 1 is 1.07 bits per heavy atom. The first-order valence-corrected chi connectivity index (χ1v) is 19.0. The molecule has 4 aromatic heterocycles. The largest absolute Gasteiger partial charge is 0.370 e. The number of carbonyl (C=O) groups excluding carboxylic acids is 3. The summed E-state index contributed by atoms with van der Waals surface area (Å²) in [6.07, 6.45) is 7.29. The van der Waals surface area contributed by atoms with Crippen LogP contribution in [0.5, 0.6) is 0 Å². The van der Waals surface area contributed by atoms with E-state index in [1.165, 1.54) is 27.5 Å². The van der Waals surface area contributed by atoms with Gasteiger partial charge in [-0.2, -0.15) is 10.2 Å². The van der Waals surface area contributed by atoms with Crippen molar-refractivity contribution in [3.63, 3.8) is 0 Å². The molecule has 1 saturated carbocycles. The SMILES string of the molecule is CN(C[C@H]1CC[C@H](n2cc(NC(=O)c3cnn4ccc(Cl)nc34)c(C(F)F)n2)CC1)C1CCN(c2cccc3c2n(C)c(=O)n3C2CCC(=O)NC2=O)CC1. The van der Waals surface area contributed by atoms with E-state index in [0.29, 0.717) is 17.5 Å². The number of nitrogens with zero attached hydrogens (tertiary/aromatic N) is 9. The predicted molar refractivity (Wildman–Crippen MR) is 201 cm³/mol. The molecule has 2 N–H and O–H groups in total. The molecule has 2 aliphatic heterocycles. The number of hydrogen-bond acceptors (Lipinski definition) is 9. The number of amides is 3. The maximum atomic E-state index is 14.1. The van der Waals surface area contributed by atoms with Gasteiger partial charge in [-0.3, -0.25) is 33.5 Å². The fourth-order valence-electron chi connectivity index (χ4n) is 8.65. The van der Waals surface area contributed by atoms with Crippen LogP contribution >= 0.6 is 11.6 Å². The lowest BCUT2D eigenvalue weighted by Crippen LogP contribution is -2.45. The summed E-state index contributed by atoms with van der Waals surface area (Å²) in [6, 6.07) is 6.92. The number of piperidine rings is 2. The van der Waals surface area contributed by atoms with Crippen LogP contribution in [0.3, 0.4) is 0 Å². The minimum atomic E-state index is -2.87. The van der Waals surface area contributed by atoms with E-state index >= 15 is 0 Å². The van der Waals surface area contributed by atoms with Crippen molar-refractivity contribution in [1.29, 1.82) is 0 Å². The summed E-state index contributed by atoms with van der Waals surface area (Å²) in [5, 5.41) is 13.5. The Morgan fingerprint density at radius 3 is 2.56 bits per heavy atom. The highest BCUT2D eigenvalue weighted by Crippen LogP contribution is 2.37. The molecule has 5 aromatic rings. The van der Waals surface area contributed by atoms with Crippen molar-refractivity contribution >= 4 is 57.4 Å². The van der Waals surface area contributed by atoms with Crippen LogP contribution in [-0.2, 0) is 16.6 Å². The lowest BCUT2D eigenvalue weighted by Gasteiger charge is -2.40. The summed E-state index contributed by atoms with van der Waals surface area (Å²) in [7, 11) is 3.90. The number of halogens is 3. The quantitative estimate of drug-likeness (QED) is 0.160. The highest BCUT2D eigenvalue weighted by Gasteiger charge is 2.34. The van der Waals surface area contributed by atoms with Crippen molar-refractivity contribution in [2.24, 2.45) is 13.0 Å².